The summed E-state index contributed by atoms with van der Waals surface area (Å²) in [4.78, 5) is 12.1. The van der Waals surface area contributed by atoms with Crippen LogP contribution < -0.4 is 10.1 Å². The molecule has 1 amide bonds. The Hall–Kier alpha value is -2.09. The molecule has 2 aromatic carbocycles. The molecule has 138 valence electrons. The maximum Gasteiger partial charge on any atom is 0.243 e. The third-order valence-electron chi connectivity index (χ3n) is 4.25. The van der Waals surface area contributed by atoms with Crippen molar-refractivity contribution in [1.82, 2.24) is 9.62 Å². The number of benzene rings is 2. The van der Waals surface area contributed by atoms with E-state index in [1.807, 2.05) is 0 Å². The van der Waals surface area contributed by atoms with Crippen LogP contribution >= 0.6 is 11.6 Å². The normalized spacial score (nSPS) is 17.8. The van der Waals surface area contributed by atoms with Crippen molar-refractivity contribution in [3.63, 3.8) is 0 Å². The first-order valence-electron chi connectivity index (χ1n) is 8.19. The van der Waals surface area contributed by atoms with Gasteiger partial charge in [-0.2, -0.15) is 4.31 Å². The molecule has 0 unspecified atom stereocenters. The molecule has 0 saturated carbocycles. The van der Waals surface area contributed by atoms with Crippen LogP contribution in [0.4, 0.5) is 0 Å². The van der Waals surface area contributed by atoms with Crippen LogP contribution in [0.15, 0.2) is 53.4 Å². The lowest BCUT2D eigenvalue weighted by molar-refractivity contribution is -0.123. The highest BCUT2D eigenvalue weighted by Gasteiger charge is 2.38. The van der Waals surface area contributed by atoms with E-state index in [2.05, 4.69) is 5.32 Å². The molecule has 0 radical (unpaired) electrons. The summed E-state index contributed by atoms with van der Waals surface area (Å²) in [6.45, 7) is 0.332. The molecule has 1 heterocycles. The smallest absolute Gasteiger partial charge is 0.243 e. The van der Waals surface area contributed by atoms with E-state index in [1.165, 1.54) is 23.5 Å². The zero-order valence-corrected chi connectivity index (χ0v) is 15.8. The molecule has 0 aromatic heterocycles. The number of likely N-dealkylation sites (N-methyl/N-ethyl adjacent to an activating group) is 1. The van der Waals surface area contributed by atoms with Gasteiger partial charge in [0.1, 0.15) is 17.5 Å². The van der Waals surface area contributed by atoms with E-state index in [0.29, 0.717) is 35.9 Å². The Balaban J connectivity index is 1.81. The lowest BCUT2D eigenvalue weighted by atomic mass is 10.2. The lowest BCUT2D eigenvalue weighted by Gasteiger charge is -2.22. The quantitative estimate of drug-likeness (QED) is 0.845. The van der Waals surface area contributed by atoms with Crippen molar-refractivity contribution in [2.45, 2.75) is 23.8 Å². The van der Waals surface area contributed by atoms with Gasteiger partial charge in [0.15, 0.2) is 0 Å². The number of para-hydroxylation sites is 1. The number of sulfonamides is 1. The van der Waals surface area contributed by atoms with Crippen molar-refractivity contribution in [3.8, 4) is 11.5 Å². The van der Waals surface area contributed by atoms with E-state index in [0.717, 1.165) is 0 Å². The molecule has 0 spiro atoms. The molecule has 1 fully saturated rings. The standard InChI is InChI=1S/C18H19ClN2O4S/c1-20-18(22)16-6-4-12-21(16)26(23,24)14-10-8-13(9-11-14)25-17-7-3-2-5-15(17)19/h2-3,5,7-11,16H,4,6,12H2,1H3,(H,20,22)/t16-/m1/s1. The second-order valence-electron chi connectivity index (χ2n) is 5.89. The highest BCUT2D eigenvalue weighted by Crippen LogP contribution is 2.31. The number of halogens is 1. The zero-order chi connectivity index (χ0) is 18.7. The van der Waals surface area contributed by atoms with Gasteiger partial charge in [0.25, 0.3) is 0 Å². The summed E-state index contributed by atoms with van der Waals surface area (Å²) in [7, 11) is -2.24. The van der Waals surface area contributed by atoms with Gasteiger partial charge in [-0.3, -0.25) is 4.79 Å². The number of nitrogens with zero attached hydrogens (tertiary/aromatic N) is 1. The fourth-order valence-corrected chi connectivity index (χ4v) is 4.76. The van der Waals surface area contributed by atoms with Crippen LogP contribution in [0.25, 0.3) is 0 Å². The summed E-state index contributed by atoms with van der Waals surface area (Å²) in [5.74, 6) is 0.676. The molecule has 6 nitrogen and oxygen atoms in total. The van der Waals surface area contributed by atoms with Gasteiger partial charge in [0.05, 0.1) is 9.92 Å². The van der Waals surface area contributed by atoms with Crippen LogP contribution in [0.3, 0.4) is 0 Å². The number of rotatable bonds is 5. The third kappa shape index (κ3) is 3.70. The molecule has 0 bridgehead atoms. The molecule has 1 saturated heterocycles. The number of hydrogen-bond acceptors (Lipinski definition) is 4. The summed E-state index contributed by atoms with van der Waals surface area (Å²) >= 11 is 6.06. The van der Waals surface area contributed by atoms with Crippen LogP contribution in [0.1, 0.15) is 12.8 Å². The van der Waals surface area contributed by atoms with Crippen molar-refractivity contribution in [2.75, 3.05) is 13.6 Å². The predicted octanol–water partition coefficient (Wildman–Crippen LogP) is 3.03. The number of hydrogen-bond donors (Lipinski definition) is 1. The number of carbonyl (C=O) groups excluding carboxylic acids is 1. The lowest BCUT2D eigenvalue weighted by Crippen LogP contribution is -2.44. The van der Waals surface area contributed by atoms with Gasteiger partial charge in [-0.1, -0.05) is 23.7 Å². The molecule has 26 heavy (non-hydrogen) atoms. The SMILES string of the molecule is CNC(=O)[C@H]1CCCN1S(=O)(=O)c1ccc(Oc2ccccc2Cl)cc1. The van der Waals surface area contributed by atoms with E-state index < -0.39 is 16.1 Å². The minimum absolute atomic E-state index is 0.125. The molecule has 8 heteroatoms. The summed E-state index contributed by atoms with van der Waals surface area (Å²) in [6.07, 6.45) is 1.18. The molecule has 1 aliphatic rings. The average Bonchev–Trinajstić information content (AvgIpc) is 3.14. The Labute approximate surface area is 157 Å². The molecule has 1 aliphatic heterocycles. The van der Waals surface area contributed by atoms with Gasteiger partial charge in [-0.25, -0.2) is 8.42 Å². The molecule has 3 rings (SSSR count). The van der Waals surface area contributed by atoms with Crippen LogP contribution in [-0.2, 0) is 14.8 Å². The molecular formula is C18H19ClN2O4S. The second-order valence-corrected chi connectivity index (χ2v) is 8.19. The average molecular weight is 395 g/mol. The van der Waals surface area contributed by atoms with Crippen molar-refractivity contribution >= 4 is 27.5 Å². The summed E-state index contributed by atoms with van der Waals surface area (Å²) < 4.78 is 32.7. The number of amides is 1. The minimum atomic E-state index is -3.75. The van der Waals surface area contributed by atoms with Crippen LogP contribution in [0.2, 0.25) is 5.02 Å². The van der Waals surface area contributed by atoms with Gasteiger partial charge in [-0.05, 0) is 49.2 Å². The Kier molecular flexibility index (Phi) is 5.50. The van der Waals surface area contributed by atoms with Gasteiger partial charge in [-0.15, -0.1) is 0 Å². The van der Waals surface area contributed by atoms with Crippen molar-refractivity contribution in [2.24, 2.45) is 0 Å². The molecular weight excluding hydrogens is 376 g/mol. The maximum atomic E-state index is 12.9. The van der Waals surface area contributed by atoms with E-state index in [1.54, 1.807) is 36.4 Å². The fourth-order valence-electron chi connectivity index (χ4n) is 2.93. The molecule has 2 aromatic rings. The van der Waals surface area contributed by atoms with E-state index in [-0.39, 0.29) is 10.8 Å². The first-order valence-corrected chi connectivity index (χ1v) is 10.0. The van der Waals surface area contributed by atoms with Crippen LogP contribution in [0.5, 0.6) is 11.5 Å². The summed E-state index contributed by atoms with van der Waals surface area (Å²) in [5.41, 5.74) is 0. The van der Waals surface area contributed by atoms with Crippen molar-refractivity contribution in [1.29, 1.82) is 0 Å². The highest BCUT2D eigenvalue weighted by molar-refractivity contribution is 7.89. The molecule has 1 atom stereocenters. The summed E-state index contributed by atoms with van der Waals surface area (Å²) in [5, 5.41) is 2.99. The Bertz CT molecular complexity index is 900. The molecule has 0 aliphatic carbocycles. The Morgan fingerprint density at radius 3 is 2.54 bits per heavy atom. The Morgan fingerprint density at radius 1 is 1.19 bits per heavy atom. The van der Waals surface area contributed by atoms with E-state index in [9.17, 15) is 13.2 Å². The highest BCUT2D eigenvalue weighted by atomic mass is 35.5. The van der Waals surface area contributed by atoms with Gasteiger partial charge in [0.2, 0.25) is 15.9 Å². The zero-order valence-electron chi connectivity index (χ0n) is 14.2. The number of nitrogens with one attached hydrogen (secondary N) is 1. The predicted molar refractivity (Wildman–Crippen MR) is 98.9 cm³/mol. The first kappa shape index (κ1) is 18.7. The molecule has 1 N–H and O–H groups in total. The van der Waals surface area contributed by atoms with Gasteiger partial charge < -0.3 is 10.1 Å². The fraction of sp³-hybridized carbons (Fsp3) is 0.278. The van der Waals surface area contributed by atoms with Crippen molar-refractivity contribution in [3.05, 3.63) is 53.6 Å². The number of carbonyl (C=O) groups is 1. The topological polar surface area (TPSA) is 75.7 Å². The first-order chi connectivity index (χ1) is 12.4. The van der Waals surface area contributed by atoms with Crippen LogP contribution in [-0.4, -0.2) is 38.3 Å². The van der Waals surface area contributed by atoms with Gasteiger partial charge in [0, 0.05) is 13.6 Å². The van der Waals surface area contributed by atoms with E-state index >= 15 is 0 Å². The maximum absolute atomic E-state index is 12.9. The monoisotopic (exact) mass is 394 g/mol. The Morgan fingerprint density at radius 2 is 1.88 bits per heavy atom. The minimum Gasteiger partial charge on any atom is -0.456 e. The van der Waals surface area contributed by atoms with Crippen LogP contribution in [0, 0.1) is 0 Å². The van der Waals surface area contributed by atoms with Gasteiger partial charge >= 0.3 is 0 Å². The second kappa shape index (κ2) is 7.65. The van der Waals surface area contributed by atoms with Crippen molar-refractivity contribution < 1.29 is 17.9 Å². The summed E-state index contributed by atoms with van der Waals surface area (Å²) in [6, 6.07) is 12.5. The van der Waals surface area contributed by atoms with E-state index in [4.69, 9.17) is 16.3 Å². The third-order valence-corrected chi connectivity index (χ3v) is 6.48. The number of ether oxygens (including phenoxy) is 1. The largest absolute Gasteiger partial charge is 0.456 e.